The summed E-state index contributed by atoms with van der Waals surface area (Å²) in [6, 6.07) is 16.2. The number of likely N-dealkylation sites (tertiary alicyclic amines) is 1. The number of hydrogen-bond donors (Lipinski definition) is 1. The maximum absolute atomic E-state index is 13.0. The van der Waals surface area contributed by atoms with Crippen molar-refractivity contribution in [3.05, 3.63) is 71.4 Å². The van der Waals surface area contributed by atoms with Crippen molar-refractivity contribution in [3.63, 3.8) is 0 Å². The second-order valence-electron chi connectivity index (χ2n) is 7.13. The monoisotopic (exact) mass is 407 g/mol. The van der Waals surface area contributed by atoms with Gasteiger partial charge >= 0.3 is 0 Å². The summed E-state index contributed by atoms with van der Waals surface area (Å²) in [4.78, 5) is 21.3. The summed E-state index contributed by atoms with van der Waals surface area (Å²) < 4.78 is 5.49. The minimum Gasteiger partial charge on any atom is -0.495 e. The van der Waals surface area contributed by atoms with E-state index < -0.39 is 0 Å². The van der Waals surface area contributed by atoms with Crippen molar-refractivity contribution in [1.29, 1.82) is 0 Å². The highest BCUT2D eigenvalue weighted by atomic mass is 32.1. The summed E-state index contributed by atoms with van der Waals surface area (Å²) >= 11 is 1.46. The molecule has 29 heavy (non-hydrogen) atoms. The zero-order valence-corrected chi connectivity index (χ0v) is 17.3. The Balaban J connectivity index is 1.51. The third kappa shape index (κ3) is 4.49. The van der Waals surface area contributed by atoms with E-state index in [1.807, 2.05) is 48.7 Å². The van der Waals surface area contributed by atoms with Gasteiger partial charge in [0.1, 0.15) is 10.6 Å². The molecule has 0 bridgehead atoms. The molecular weight excluding hydrogens is 382 g/mol. The minimum absolute atomic E-state index is 0.0953. The SMILES string of the molecule is COc1cc(-c2ccccc2)sc1C(=O)NCC(c1cccnc1)N1CCCC1. The molecule has 6 heteroatoms. The van der Waals surface area contributed by atoms with Gasteiger partial charge in [-0.2, -0.15) is 0 Å². The Labute approximate surface area is 175 Å². The maximum Gasteiger partial charge on any atom is 0.265 e. The summed E-state index contributed by atoms with van der Waals surface area (Å²) in [6.07, 6.45) is 6.08. The number of aromatic nitrogens is 1. The van der Waals surface area contributed by atoms with E-state index in [4.69, 9.17) is 4.74 Å². The van der Waals surface area contributed by atoms with Gasteiger partial charge in [-0.15, -0.1) is 11.3 Å². The number of rotatable bonds is 7. The van der Waals surface area contributed by atoms with Crippen LogP contribution < -0.4 is 10.1 Å². The Hall–Kier alpha value is -2.70. The molecule has 0 radical (unpaired) electrons. The van der Waals surface area contributed by atoms with Crippen LogP contribution in [0.5, 0.6) is 5.75 Å². The first-order valence-corrected chi connectivity index (χ1v) is 10.7. The molecule has 2 aromatic heterocycles. The Kier molecular flexibility index (Phi) is 6.22. The number of ether oxygens (including phenoxy) is 1. The van der Waals surface area contributed by atoms with E-state index in [0.29, 0.717) is 17.2 Å². The summed E-state index contributed by atoms with van der Waals surface area (Å²) in [7, 11) is 1.61. The van der Waals surface area contributed by atoms with Crippen LogP contribution in [0.2, 0.25) is 0 Å². The number of thiophene rings is 1. The van der Waals surface area contributed by atoms with Crippen LogP contribution in [-0.4, -0.2) is 42.5 Å². The Morgan fingerprint density at radius 2 is 2.00 bits per heavy atom. The van der Waals surface area contributed by atoms with Crippen molar-refractivity contribution in [3.8, 4) is 16.2 Å². The van der Waals surface area contributed by atoms with E-state index in [2.05, 4.69) is 21.3 Å². The van der Waals surface area contributed by atoms with Gasteiger partial charge in [-0.1, -0.05) is 36.4 Å². The van der Waals surface area contributed by atoms with E-state index in [1.54, 1.807) is 13.3 Å². The molecule has 1 aliphatic heterocycles. The number of nitrogens with zero attached hydrogens (tertiary/aromatic N) is 2. The highest BCUT2D eigenvalue weighted by Gasteiger charge is 2.25. The average molecular weight is 408 g/mol. The lowest BCUT2D eigenvalue weighted by Crippen LogP contribution is -2.36. The van der Waals surface area contributed by atoms with Gasteiger partial charge in [0, 0.05) is 23.8 Å². The van der Waals surface area contributed by atoms with Crippen molar-refractivity contribution in [1.82, 2.24) is 15.2 Å². The lowest BCUT2D eigenvalue weighted by molar-refractivity contribution is 0.0939. The largest absolute Gasteiger partial charge is 0.495 e. The molecule has 0 spiro atoms. The van der Waals surface area contributed by atoms with Crippen molar-refractivity contribution < 1.29 is 9.53 Å². The van der Waals surface area contributed by atoms with E-state index in [-0.39, 0.29) is 11.9 Å². The van der Waals surface area contributed by atoms with E-state index in [1.165, 1.54) is 24.2 Å². The molecule has 1 fully saturated rings. The molecule has 1 aliphatic rings. The van der Waals surface area contributed by atoms with Crippen LogP contribution in [0.4, 0.5) is 0 Å². The van der Waals surface area contributed by atoms with Crippen molar-refractivity contribution in [2.45, 2.75) is 18.9 Å². The maximum atomic E-state index is 13.0. The van der Waals surface area contributed by atoms with Crippen molar-refractivity contribution >= 4 is 17.2 Å². The predicted molar refractivity (Wildman–Crippen MR) is 116 cm³/mol. The lowest BCUT2D eigenvalue weighted by Gasteiger charge is -2.27. The van der Waals surface area contributed by atoms with Gasteiger partial charge in [0.15, 0.2) is 0 Å². The second kappa shape index (κ2) is 9.20. The fourth-order valence-electron chi connectivity index (χ4n) is 3.78. The standard InChI is InChI=1S/C23H25N3O2S/c1-28-20-14-21(17-8-3-2-4-9-17)29-22(20)23(27)25-16-19(26-12-5-6-13-26)18-10-7-11-24-15-18/h2-4,7-11,14-15,19H,5-6,12-13,16H2,1H3,(H,25,27). The number of methoxy groups -OCH3 is 1. The second-order valence-corrected chi connectivity index (χ2v) is 8.18. The normalized spacial score (nSPS) is 15.2. The number of nitrogens with one attached hydrogen (secondary N) is 1. The lowest BCUT2D eigenvalue weighted by atomic mass is 10.1. The Morgan fingerprint density at radius 3 is 2.69 bits per heavy atom. The first-order valence-electron chi connectivity index (χ1n) is 9.91. The van der Waals surface area contributed by atoms with Gasteiger partial charge in [0.05, 0.1) is 13.2 Å². The first kappa shape index (κ1) is 19.6. The molecule has 1 N–H and O–H groups in total. The number of benzene rings is 1. The van der Waals surface area contributed by atoms with Crippen LogP contribution in [-0.2, 0) is 0 Å². The van der Waals surface area contributed by atoms with Gasteiger partial charge < -0.3 is 10.1 Å². The number of amides is 1. The van der Waals surface area contributed by atoms with Crippen LogP contribution in [0.3, 0.4) is 0 Å². The molecule has 0 aliphatic carbocycles. The minimum atomic E-state index is -0.0953. The topological polar surface area (TPSA) is 54.5 Å². The Morgan fingerprint density at radius 1 is 1.21 bits per heavy atom. The van der Waals surface area contributed by atoms with Crippen LogP contribution in [0.1, 0.15) is 34.1 Å². The molecule has 4 rings (SSSR count). The summed E-state index contributed by atoms with van der Waals surface area (Å²) in [5.41, 5.74) is 2.22. The van der Waals surface area contributed by atoms with Crippen LogP contribution >= 0.6 is 11.3 Å². The van der Waals surface area contributed by atoms with Crippen LogP contribution in [0, 0.1) is 0 Å². The van der Waals surface area contributed by atoms with Gasteiger partial charge in [0.2, 0.25) is 0 Å². The van der Waals surface area contributed by atoms with Crippen LogP contribution in [0.25, 0.3) is 10.4 Å². The van der Waals surface area contributed by atoms with Crippen molar-refractivity contribution in [2.24, 2.45) is 0 Å². The van der Waals surface area contributed by atoms with E-state index in [9.17, 15) is 4.79 Å². The zero-order chi connectivity index (χ0) is 20.1. The highest BCUT2D eigenvalue weighted by molar-refractivity contribution is 7.17. The molecule has 0 saturated carbocycles. The fourth-order valence-corrected chi connectivity index (χ4v) is 4.83. The molecule has 1 amide bonds. The predicted octanol–water partition coefficient (Wildman–Crippen LogP) is 4.39. The molecule has 1 atom stereocenters. The van der Waals surface area contributed by atoms with Gasteiger partial charge in [0.25, 0.3) is 5.91 Å². The summed E-state index contributed by atoms with van der Waals surface area (Å²) in [5, 5.41) is 3.14. The first-order chi connectivity index (χ1) is 14.3. The Bertz CT molecular complexity index is 937. The third-order valence-corrected chi connectivity index (χ3v) is 6.45. The number of carbonyl (C=O) groups is 1. The molecule has 150 valence electrons. The van der Waals surface area contributed by atoms with E-state index in [0.717, 1.165) is 29.1 Å². The fraction of sp³-hybridized carbons (Fsp3) is 0.304. The molecule has 3 heterocycles. The number of carbonyl (C=O) groups excluding carboxylic acids is 1. The average Bonchev–Trinajstić information content (AvgIpc) is 3.45. The van der Waals surface area contributed by atoms with Crippen LogP contribution in [0.15, 0.2) is 60.9 Å². The smallest absolute Gasteiger partial charge is 0.265 e. The molecule has 3 aromatic rings. The van der Waals surface area contributed by atoms with Gasteiger partial charge in [-0.25, -0.2) is 0 Å². The number of hydrogen-bond acceptors (Lipinski definition) is 5. The quantitative estimate of drug-likeness (QED) is 0.631. The molecular formula is C23H25N3O2S. The molecule has 5 nitrogen and oxygen atoms in total. The highest BCUT2D eigenvalue weighted by Crippen LogP contribution is 2.36. The van der Waals surface area contributed by atoms with Gasteiger partial charge in [-0.3, -0.25) is 14.7 Å². The molecule has 1 aromatic carbocycles. The third-order valence-electron chi connectivity index (χ3n) is 5.29. The molecule has 1 saturated heterocycles. The van der Waals surface area contributed by atoms with Gasteiger partial charge in [-0.05, 0) is 49.2 Å². The summed E-state index contributed by atoms with van der Waals surface area (Å²) in [5.74, 6) is 0.521. The summed E-state index contributed by atoms with van der Waals surface area (Å²) in [6.45, 7) is 2.65. The molecule has 1 unspecified atom stereocenters. The van der Waals surface area contributed by atoms with E-state index >= 15 is 0 Å². The van der Waals surface area contributed by atoms with Crippen molar-refractivity contribution in [2.75, 3.05) is 26.7 Å². The number of pyridine rings is 1. The zero-order valence-electron chi connectivity index (χ0n) is 16.5.